The molecule has 1 N–H and O–H groups in total. The zero-order valence-electron chi connectivity index (χ0n) is 9.60. The van der Waals surface area contributed by atoms with Gasteiger partial charge in [0, 0.05) is 15.6 Å². The summed E-state index contributed by atoms with van der Waals surface area (Å²) in [6.45, 7) is 1.72. The Morgan fingerprint density at radius 2 is 2.11 bits per heavy atom. The second-order valence-electron chi connectivity index (χ2n) is 3.78. The maximum absolute atomic E-state index is 9.48. The molecular weight excluding hydrogens is 334 g/mol. The highest BCUT2D eigenvalue weighted by Crippen LogP contribution is 2.34. The Labute approximate surface area is 124 Å². The van der Waals surface area contributed by atoms with Crippen LogP contribution in [0.15, 0.2) is 50.9 Å². The van der Waals surface area contributed by atoms with Crippen molar-refractivity contribution in [3.63, 3.8) is 0 Å². The third kappa shape index (κ3) is 3.48. The van der Waals surface area contributed by atoms with Gasteiger partial charge in [0.15, 0.2) is 0 Å². The molecule has 1 aromatic carbocycles. The molecule has 0 unspecified atom stereocenters. The number of aromatic nitrogens is 1. The van der Waals surface area contributed by atoms with Crippen LogP contribution in [0.1, 0.15) is 18.6 Å². The van der Waals surface area contributed by atoms with Gasteiger partial charge in [0.2, 0.25) is 0 Å². The van der Waals surface area contributed by atoms with Gasteiger partial charge in [-0.25, -0.2) is 4.98 Å². The molecule has 5 heteroatoms. The minimum absolute atomic E-state index is 0.507. The van der Waals surface area contributed by atoms with Gasteiger partial charge >= 0.3 is 0 Å². The van der Waals surface area contributed by atoms with E-state index in [1.807, 2.05) is 24.3 Å². The van der Waals surface area contributed by atoms with Crippen LogP contribution < -0.4 is 0 Å². The Morgan fingerprint density at radius 3 is 2.67 bits per heavy atom. The van der Waals surface area contributed by atoms with Crippen molar-refractivity contribution in [3.05, 3.63) is 51.6 Å². The van der Waals surface area contributed by atoms with E-state index in [2.05, 4.69) is 20.9 Å². The molecule has 2 rings (SSSR count). The molecule has 1 heterocycles. The number of aliphatic hydroxyl groups excluding tert-OH is 1. The number of pyridine rings is 1. The fourth-order valence-corrected chi connectivity index (χ4v) is 2.69. The van der Waals surface area contributed by atoms with E-state index in [4.69, 9.17) is 11.6 Å². The molecule has 1 atom stereocenters. The number of benzene rings is 1. The van der Waals surface area contributed by atoms with Crippen molar-refractivity contribution in [1.82, 2.24) is 4.98 Å². The average molecular weight is 345 g/mol. The third-order valence-electron chi connectivity index (χ3n) is 2.35. The van der Waals surface area contributed by atoms with Gasteiger partial charge in [0.25, 0.3) is 0 Å². The Morgan fingerprint density at radius 1 is 1.33 bits per heavy atom. The van der Waals surface area contributed by atoms with E-state index >= 15 is 0 Å². The van der Waals surface area contributed by atoms with Gasteiger partial charge in [-0.15, -0.1) is 0 Å². The van der Waals surface area contributed by atoms with E-state index < -0.39 is 6.10 Å². The number of halogens is 2. The van der Waals surface area contributed by atoms with Crippen molar-refractivity contribution in [2.75, 3.05) is 0 Å². The summed E-state index contributed by atoms with van der Waals surface area (Å²) in [4.78, 5) is 5.21. The summed E-state index contributed by atoms with van der Waals surface area (Å²) < 4.78 is 0.947. The van der Waals surface area contributed by atoms with Crippen molar-refractivity contribution >= 4 is 39.3 Å². The fourth-order valence-electron chi connectivity index (χ4n) is 1.40. The molecule has 1 aromatic heterocycles. The van der Waals surface area contributed by atoms with Gasteiger partial charge in [-0.05, 0) is 52.7 Å². The first kappa shape index (κ1) is 13.9. The minimum Gasteiger partial charge on any atom is -0.389 e. The molecule has 0 aliphatic rings. The van der Waals surface area contributed by atoms with Gasteiger partial charge in [-0.2, -0.15) is 0 Å². The maximum atomic E-state index is 9.48. The Balaban J connectivity index is 2.22. The highest BCUT2D eigenvalue weighted by Gasteiger charge is 2.07. The lowest BCUT2D eigenvalue weighted by molar-refractivity contribution is 0.199. The van der Waals surface area contributed by atoms with E-state index in [0.717, 1.165) is 20.0 Å². The van der Waals surface area contributed by atoms with Crippen LogP contribution >= 0.6 is 39.3 Å². The fraction of sp³-hybridized carbons (Fsp3) is 0.154. The van der Waals surface area contributed by atoms with Crippen LogP contribution in [0, 0.1) is 0 Å². The molecule has 0 fully saturated rings. The minimum atomic E-state index is -0.507. The van der Waals surface area contributed by atoms with Crippen molar-refractivity contribution in [1.29, 1.82) is 0 Å². The topological polar surface area (TPSA) is 33.1 Å². The molecule has 94 valence electrons. The van der Waals surface area contributed by atoms with Crippen molar-refractivity contribution < 1.29 is 5.11 Å². The summed E-state index contributed by atoms with van der Waals surface area (Å²) >= 11 is 11.0. The average Bonchev–Trinajstić information content (AvgIpc) is 2.34. The van der Waals surface area contributed by atoms with Crippen LogP contribution in [0.5, 0.6) is 0 Å². The summed E-state index contributed by atoms with van der Waals surface area (Å²) in [7, 11) is 0. The molecule has 0 bridgehead atoms. The molecular formula is C13H11BrClNOS. The lowest BCUT2D eigenvalue weighted by atomic mass is 10.1. The molecule has 0 aliphatic carbocycles. The van der Waals surface area contributed by atoms with E-state index in [-0.39, 0.29) is 0 Å². The predicted octanol–water partition coefficient (Wildman–Crippen LogP) is 4.70. The number of hydrogen-bond donors (Lipinski definition) is 1. The zero-order chi connectivity index (χ0) is 13.1. The van der Waals surface area contributed by atoms with E-state index in [9.17, 15) is 5.11 Å². The largest absolute Gasteiger partial charge is 0.389 e. The maximum Gasteiger partial charge on any atom is 0.101 e. The van der Waals surface area contributed by atoms with Crippen LogP contribution in [-0.4, -0.2) is 10.1 Å². The van der Waals surface area contributed by atoms with Crippen LogP contribution in [0.25, 0.3) is 0 Å². The SMILES string of the molecule is C[C@H](O)c1ccc(Sc2ccc(Br)cn2)c(Cl)c1. The molecule has 0 saturated carbocycles. The van der Waals surface area contributed by atoms with Gasteiger partial charge in [-0.3, -0.25) is 0 Å². The van der Waals surface area contributed by atoms with Gasteiger partial charge in [-0.1, -0.05) is 29.4 Å². The third-order valence-corrected chi connectivity index (χ3v) is 4.27. The second-order valence-corrected chi connectivity index (χ2v) is 6.17. The first-order valence-electron chi connectivity index (χ1n) is 5.33. The Bertz CT molecular complexity index is 545. The van der Waals surface area contributed by atoms with Gasteiger partial charge in [0.1, 0.15) is 5.03 Å². The molecule has 0 aliphatic heterocycles. The summed E-state index contributed by atoms with van der Waals surface area (Å²) in [6.07, 6.45) is 1.24. The van der Waals surface area contributed by atoms with Crippen molar-refractivity contribution in [3.8, 4) is 0 Å². The lowest BCUT2D eigenvalue weighted by Gasteiger charge is -2.08. The van der Waals surface area contributed by atoms with Gasteiger partial charge < -0.3 is 5.11 Å². The highest BCUT2D eigenvalue weighted by molar-refractivity contribution is 9.10. The number of hydrogen-bond acceptors (Lipinski definition) is 3. The molecule has 18 heavy (non-hydrogen) atoms. The number of aliphatic hydroxyl groups is 1. The smallest absolute Gasteiger partial charge is 0.101 e. The summed E-state index contributed by atoms with van der Waals surface area (Å²) in [5, 5.41) is 11.0. The summed E-state index contributed by atoms with van der Waals surface area (Å²) in [5.41, 5.74) is 0.813. The van der Waals surface area contributed by atoms with E-state index in [1.54, 1.807) is 19.2 Å². The van der Waals surface area contributed by atoms with Crippen molar-refractivity contribution in [2.24, 2.45) is 0 Å². The monoisotopic (exact) mass is 343 g/mol. The first-order chi connectivity index (χ1) is 8.56. The van der Waals surface area contributed by atoms with Crippen LogP contribution in [0.2, 0.25) is 5.02 Å². The highest BCUT2D eigenvalue weighted by atomic mass is 79.9. The normalized spacial score (nSPS) is 12.4. The molecule has 0 spiro atoms. The molecule has 2 aromatic rings. The van der Waals surface area contributed by atoms with Crippen molar-refractivity contribution in [2.45, 2.75) is 22.9 Å². The molecule has 0 radical (unpaired) electrons. The number of nitrogens with zero attached hydrogens (tertiary/aromatic N) is 1. The van der Waals surface area contributed by atoms with Gasteiger partial charge in [0.05, 0.1) is 11.1 Å². The lowest BCUT2D eigenvalue weighted by Crippen LogP contribution is -1.91. The summed E-state index contributed by atoms with van der Waals surface area (Å²) in [6, 6.07) is 9.42. The van der Waals surface area contributed by atoms with Crippen LogP contribution in [0.3, 0.4) is 0 Å². The second kappa shape index (κ2) is 6.06. The standard InChI is InChI=1S/C13H11BrClNOS/c1-8(17)9-2-4-12(11(15)6-9)18-13-5-3-10(14)7-16-13/h2-8,17H,1H3/t8-/m0/s1. The van der Waals surface area contributed by atoms with Crippen LogP contribution in [0.4, 0.5) is 0 Å². The molecule has 0 amide bonds. The predicted molar refractivity (Wildman–Crippen MR) is 78.1 cm³/mol. The first-order valence-corrected chi connectivity index (χ1v) is 7.32. The molecule has 2 nitrogen and oxygen atoms in total. The Hall–Kier alpha value is -0.550. The van der Waals surface area contributed by atoms with Crippen LogP contribution in [-0.2, 0) is 0 Å². The molecule has 0 saturated heterocycles. The zero-order valence-corrected chi connectivity index (χ0v) is 12.8. The number of rotatable bonds is 3. The Kier molecular flexibility index (Phi) is 4.67. The van der Waals surface area contributed by atoms with E-state index in [0.29, 0.717) is 5.02 Å². The quantitative estimate of drug-likeness (QED) is 0.876. The van der Waals surface area contributed by atoms with E-state index in [1.165, 1.54) is 11.8 Å². The summed E-state index contributed by atoms with van der Waals surface area (Å²) in [5.74, 6) is 0.